The maximum absolute atomic E-state index is 10.8. The Labute approximate surface area is 173 Å². The summed E-state index contributed by atoms with van der Waals surface area (Å²) in [5.74, 6) is 0. The number of aliphatic hydroxyl groups is 1. The molecule has 0 unspecified atom stereocenters. The summed E-state index contributed by atoms with van der Waals surface area (Å²) < 4.78 is 24.0. The van der Waals surface area contributed by atoms with E-state index >= 15 is 0 Å². The number of ether oxygens (including phenoxy) is 4. The molecule has 0 rings (SSSR count). The second kappa shape index (κ2) is 19.8. The minimum Gasteiger partial charge on any atom is -0.388 e. The van der Waals surface area contributed by atoms with E-state index in [0.29, 0.717) is 26.4 Å². The molecule has 1 N–H and O–H groups in total. The standard InChI is InChI=1S/C23H46O5/c1-6-11-15-25-19-20(24)22(27-17-13-8-3)23(28-18-14-9-4)21(10-5)26-16-12-7-2/h10,20-24H,5-9,11-19H2,1-4H3/t20-,21-,22-,23-/m1/s1. The summed E-state index contributed by atoms with van der Waals surface area (Å²) in [5.41, 5.74) is 0. The van der Waals surface area contributed by atoms with E-state index < -0.39 is 18.3 Å². The maximum Gasteiger partial charge on any atom is 0.116 e. The number of aliphatic hydroxyl groups excluding tert-OH is 1. The van der Waals surface area contributed by atoms with Crippen molar-refractivity contribution in [3.05, 3.63) is 12.7 Å². The number of unbranched alkanes of at least 4 members (excludes halogenated alkanes) is 4. The van der Waals surface area contributed by atoms with Gasteiger partial charge in [0.1, 0.15) is 24.4 Å². The first-order valence-corrected chi connectivity index (χ1v) is 11.4. The lowest BCUT2D eigenvalue weighted by atomic mass is 10.0. The highest BCUT2D eigenvalue weighted by atomic mass is 16.6. The summed E-state index contributed by atoms with van der Waals surface area (Å²) in [6, 6.07) is 0. The van der Waals surface area contributed by atoms with Gasteiger partial charge in [0.25, 0.3) is 0 Å². The van der Waals surface area contributed by atoms with Gasteiger partial charge in [-0.2, -0.15) is 0 Å². The topological polar surface area (TPSA) is 57.2 Å². The third kappa shape index (κ3) is 12.9. The van der Waals surface area contributed by atoms with E-state index in [4.69, 9.17) is 18.9 Å². The summed E-state index contributed by atoms with van der Waals surface area (Å²) >= 11 is 0. The molecule has 28 heavy (non-hydrogen) atoms. The van der Waals surface area contributed by atoms with E-state index in [1.54, 1.807) is 6.08 Å². The highest BCUT2D eigenvalue weighted by Gasteiger charge is 2.35. The van der Waals surface area contributed by atoms with Crippen LogP contribution in [0.3, 0.4) is 0 Å². The summed E-state index contributed by atoms with van der Waals surface area (Å²) in [6.07, 6.45) is 7.87. The van der Waals surface area contributed by atoms with Crippen molar-refractivity contribution in [1.82, 2.24) is 0 Å². The normalized spacial score (nSPS) is 15.9. The zero-order chi connectivity index (χ0) is 21.0. The van der Waals surface area contributed by atoms with Gasteiger partial charge in [-0.25, -0.2) is 0 Å². The summed E-state index contributed by atoms with van der Waals surface area (Å²) in [4.78, 5) is 0. The Balaban J connectivity index is 5.16. The van der Waals surface area contributed by atoms with Crippen molar-refractivity contribution in [2.75, 3.05) is 33.0 Å². The average molecular weight is 403 g/mol. The molecule has 0 aromatic carbocycles. The van der Waals surface area contributed by atoms with Gasteiger partial charge in [0.05, 0.1) is 6.61 Å². The first kappa shape index (κ1) is 27.5. The molecule has 0 fully saturated rings. The molecule has 0 amide bonds. The van der Waals surface area contributed by atoms with Crippen LogP contribution in [0.1, 0.15) is 79.1 Å². The van der Waals surface area contributed by atoms with Crippen LogP contribution in [0.5, 0.6) is 0 Å². The molecule has 0 saturated carbocycles. The van der Waals surface area contributed by atoms with Crippen molar-refractivity contribution >= 4 is 0 Å². The Kier molecular flexibility index (Phi) is 19.5. The van der Waals surface area contributed by atoms with Gasteiger partial charge >= 0.3 is 0 Å². The minimum atomic E-state index is -0.766. The molecule has 0 aliphatic rings. The Morgan fingerprint density at radius 2 is 1.18 bits per heavy atom. The van der Waals surface area contributed by atoms with Gasteiger partial charge in [-0.1, -0.05) is 59.5 Å². The van der Waals surface area contributed by atoms with E-state index in [9.17, 15) is 5.11 Å². The van der Waals surface area contributed by atoms with Crippen molar-refractivity contribution in [2.24, 2.45) is 0 Å². The SMILES string of the molecule is C=C[C@@H](OCCCC)[C@@H](OCCCC)[C@H](OCCCC)[C@H](O)COCCCC. The van der Waals surface area contributed by atoms with Crippen molar-refractivity contribution in [3.63, 3.8) is 0 Å². The first-order chi connectivity index (χ1) is 13.7. The number of hydrogen-bond acceptors (Lipinski definition) is 5. The maximum atomic E-state index is 10.8. The molecular formula is C23H46O5. The second-order valence-electron chi connectivity index (χ2n) is 7.30. The lowest BCUT2D eigenvalue weighted by Crippen LogP contribution is -2.50. The Bertz CT molecular complexity index is 337. The largest absolute Gasteiger partial charge is 0.388 e. The number of rotatable bonds is 21. The molecule has 4 atom stereocenters. The second-order valence-corrected chi connectivity index (χ2v) is 7.30. The Hall–Kier alpha value is -0.460. The summed E-state index contributed by atoms with van der Waals surface area (Å²) in [6.45, 7) is 15.2. The zero-order valence-corrected chi connectivity index (χ0v) is 18.9. The van der Waals surface area contributed by atoms with E-state index in [1.165, 1.54) is 0 Å². The molecular weight excluding hydrogens is 356 g/mol. The molecule has 0 bridgehead atoms. The number of hydrogen-bond donors (Lipinski definition) is 1. The van der Waals surface area contributed by atoms with Crippen LogP contribution in [-0.4, -0.2) is 62.6 Å². The van der Waals surface area contributed by atoms with Crippen molar-refractivity contribution in [3.8, 4) is 0 Å². The van der Waals surface area contributed by atoms with Gasteiger partial charge in [-0.3, -0.25) is 0 Å². The van der Waals surface area contributed by atoms with Crippen molar-refractivity contribution in [1.29, 1.82) is 0 Å². The zero-order valence-electron chi connectivity index (χ0n) is 18.9. The Morgan fingerprint density at radius 3 is 1.68 bits per heavy atom. The molecule has 0 aromatic heterocycles. The fourth-order valence-corrected chi connectivity index (χ4v) is 2.74. The van der Waals surface area contributed by atoms with Crippen LogP contribution in [0.25, 0.3) is 0 Å². The van der Waals surface area contributed by atoms with Gasteiger partial charge in [0.2, 0.25) is 0 Å². The highest BCUT2D eigenvalue weighted by Crippen LogP contribution is 2.19. The lowest BCUT2D eigenvalue weighted by Gasteiger charge is -2.35. The predicted octanol–water partition coefficient (Wildman–Crippen LogP) is 4.91. The Morgan fingerprint density at radius 1 is 0.714 bits per heavy atom. The van der Waals surface area contributed by atoms with Gasteiger partial charge in [-0.05, 0) is 25.7 Å². The molecule has 0 aliphatic heterocycles. The van der Waals surface area contributed by atoms with Gasteiger partial charge in [-0.15, -0.1) is 6.58 Å². The first-order valence-electron chi connectivity index (χ1n) is 11.4. The molecule has 0 aliphatic carbocycles. The molecule has 0 spiro atoms. The molecule has 168 valence electrons. The van der Waals surface area contributed by atoms with Crippen molar-refractivity contribution < 1.29 is 24.1 Å². The van der Waals surface area contributed by atoms with Crippen LogP contribution in [0, 0.1) is 0 Å². The lowest BCUT2D eigenvalue weighted by molar-refractivity contribution is -0.169. The summed E-state index contributed by atoms with van der Waals surface area (Å²) in [7, 11) is 0. The van der Waals surface area contributed by atoms with Gasteiger partial charge in [0.15, 0.2) is 0 Å². The van der Waals surface area contributed by atoms with E-state index in [1.807, 2.05) is 0 Å². The van der Waals surface area contributed by atoms with E-state index in [0.717, 1.165) is 51.4 Å². The third-order valence-electron chi connectivity index (χ3n) is 4.61. The summed E-state index contributed by atoms with van der Waals surface area (Å²) in [5, 5.41) is 10.8. The van der Waals surface area contributed by atoms with Crippen LogP contribution < -0.4 is 0 Å². The molecule has 0 saturated heterocycles. The molecule has 5 heteroatoms. The van der Waals surface area contributed by atoms with Crippen LogP contribution >= 0.6 is 0 Å². The average Bonchev–Trinajstić information content (AvgIpc) is 2.70. The van der Waals surface area contributed by atoms with Crippen LogP contribution in [0.2, 0.25) is 0 Å². The minimum absolute atomic E-state index is 0.239. The highest BCUT2D eigenvalue weighted by molar-refractivity contribution is 4.94. The quantitative estimate of drug-likeness (QED) is 0.218. The van der Waals surface area contributed by atoms with E-state index in [-0.39, 0.29) is 12.7 Å². The van der Waals surface area contributed by atoms with Crippen LogP contribution in [0.15, 0.2) is 12.7 Å². The fraction of sp³-hybridized carbons (Fsp3) is 0.913. The smallest absolute Gasteiger partial charge is 0.116 e. The van der Waals surface area contributed by atoms with Crippen LogP contribution in [0.4, 0.5) is 0 Å². The predicted molar refractivity (Wildman–Crippen MR) is 116 cm³/mol. The molecule has 5 nitrogen and oxygen atoms in total. The molecule has 0 heterocycles. The molecule has 0 radical (unpaired) electrons. The van der Waals surface area contributed by atoms with Crippen molar-refractivity contribution in [2.45, 2.75) is 103 Å². The van der Waals surface area contributed by atoms with E-state index in [2.05, 4.69) is 34.3 Å². The monoisotopic (exact) mass is 402 g/mol. The molecule has 0 aromatic rings. The third-order valence-corrected chi connectivity index (χ3v) is 4.61. The van der Waals surface area contributed by atoms with Crippen LogP contribution in [-0.2, 0) is 18.9 Å². The van der Waals surface area contributed by atoms with Gasteiger partial charge in [0, 0.05) is 26.4 Å². The van der Waals surface area contributed by atoms with Gasteiger partial charge < -0.3 is 24.1 Å². The fourth-order valence-electron chi connectivity index (χ4n) is 2.74.